The predicted octanol–water partition coefficient (Wildman–Crippen LogP) is 7.77. The van der Waals surface area contributed by atoms with Gasteiger partial charge in [0.15, 0.2) is 0 Å². The molecule has 0 radical (unpaired) electrons. The van der Waals surface area contributed by atoms with Crippen LogP contribution in [0.15, 0.2) is 118 Å². The van der Waals surface area contributed by atoms with Crippen LogP contribution in [0.25, 0.3) is 5.69 Å². The van der Waals surface area contributed by atoms with Gasteiger partial charge in [0.05, 0.1) is 0 Å². The Labute approximate surface area is 329 Å². The second kappa shape index (κ2) is 22.9. The average Bonchev–Trinajstić information content (AvgIpc) is 3.68. The first-order chi connectivity index (χ1) is 25.9. The molecule has 12 nitrogen and oxygen atoms in total. The molecule has 0 amide bonds. The minimum absolute atomic E-state index is 0.756. The molecule has 2 N–H and O–H groups in total. The minimum atomic E-state index is 0.756. The number of hydrogen-bond acceptors (Lipinski definition) is 11. The molecule has 14 heteroatoms. The van der Waals surface area contributed by atoms with E-state index in [1.54, 1.807) is 48.9 Å². The van der Waals surface area contributed by atoms with E-state index in [1.807, 2.05) is 125 Å². The molecule has 0 aliphatic heterocycles. The van der Waals surface area contributed by atoms with Crippen LogP contribution in [-0.4, -0.2) is 116 Å². The summed E-state index contributed by atoms with van der Waals surface area (Å²) in [7, 11) is 15.7. The van der Waals surface area contributed by atoms with Crippen molar-refractivity contribution in [2.45, 2.75) is 22.9 Å². The largest absolute Gasteiger partial charge is 0.457 e. The van der Waals surface area contributed by atoms with Crippen molar-refractivity contribution in [3.05, 3.63) is 109 Å². The van der Waals surface area contributed by atoms with Crippen LogP contribution in [0.3, 0.4) is 0 Å². The molecular weight excluding hydrogens is 717 g/mol. The standard InChI is InChI=1S/C18H20N4OS.C16H20N2OS.C6H14N4/c1-21(2)11-14-10-15(22-12-19-20-13-22)4-9-18(14)23-16-5-7-17(24-3)8-6-16;1-18(2)11-12-10-13(17)4-9-16(12)19-14-5-7-15(20-3)8-6-14;1-9(2)5-7-8-6-10(3)4/h4-10,12-13H,11H2,1-3H3;4-10H,11,17H2,1-3H3;5-6H,1-4H3/b;;7-5+,8-6+. The highest BCUT2D eigenvalue weighted by atomic mass is 32.2. The molecule has 0 aliphatic carbocycles. The SMILES string of the molecule is CN(C)/C=N/N=C/N(C)C.CSc1ccc(Oc2ccc(-n3cnnc3)cc2CN(C)C)cc1.CSc1ccc(Oc2ccc(N)cc2CN(C)C)cc1. The maximum atomic E-state index is 6.11. The molecule has 288 valence electrons. The maximum Gasteiger partial charge on any atom is 0.132 e. The number of nitrogen functional groups attached to an aromatic ring is 1. The van der Waals surface area contributed by atoms with Crippen LogP contribution in [0.4, 0.5) is 5.69 Å². The summed E-state index contributed by atoms with van der Waals surface area (Å²) in [4.78, 5) is 10.3. The molecule has 1 heterocycles. The maximum absolute atomic E-state index is 6.11. The van der Waals surface area contributed by atoms with E-state index >= 15 is 0 Å². The van der Waals surface area contributed by atoms with E-state index < -0.39 is 0 Å². The van der Waals surface area contributed by atoms with Crippen LogP contribution < -0.4 is 15.2 Å². The molecular formula is C40H54N10O2S2. The Morgan fingerprint density at radius 1 is 0.611 bits per heavy atom. The summed E-state index contributed by atoms with van der Waals surface area (Å²) in [6, 6.07) is 28.1. The van der Waals surface area contributed by atoms with Crippen molar-refractivity contribution in [2.24, 2.45) is 10.2 Å². The zero-order valence-corrected chi connectivity index (χ0v) is 34.7. The molecule has 0 saturated heterocycles. The van der Waals surface area contributed by atoms with E-state index in [0.29, 0.717) is 0 Å². The van der Waals surface area contributed by atoms with E-state index in [9.17, 15) is 0 Å². The number of anilines is 1. The molecule has 5 aromatic rings. The summed E-state index contributed by atoms with van der Waals surface area (Å²) < 4.78 is 14.0. The highest BCUT2D eigenvalue weighted by Gasteiger charge is 2.10. The average molecular weight is 771 g/mol. The Morgan fingerprint density at radius 3 is 1.44 bits per heavy atom. The molecule has 0 spiro atoms. The number of nitrogens with two attached hydrogens (primary N) is 1. The summed E-state index contributed by atoms with van der Waals surface area (Å²) in [5, 5.41) is 15.2. The Balaban J connectivity index is 0.000000236. The second-order valence-corrected chi connectivity index (χ2v) is 14.7. The number of hydrogen-bond donors (Lipinski definition) is 1. The lowest BCUT2D eigenvalue weighted by molar-refractivity contribution is 0.388. The first kappa shape index (κ1) is 43.4. The lowest BCUT2D eigenvalue weighted by Gasteiger charge is -2.16. The fourth-order valence-corrected chi connectivity index (χ4v) is 5.41. The summed E-state index contributed by atoms with van der Waals surface area (Å²) in [5.74, 6) is 3.39. The molecule has 0 aliphatic rings. The van der Waals surface area contributed by atoms with Crippen molar-refractivity contribution in [1.82, 2.24) is 34.4 Å². The highest BCUT2D eigenvalue weighted by molar-refractivity contribution is 7.98. The fraction of sp³-hybridized carbons (Fsp3) is 0.300. The van der Waals surface area contributed by atoms with Gasteiger partial charge in [-0.2, -0.15) is 0 Å². The summed E-state index contributed by atoms with van der Waals surface area (Å²) in [6.07, 6.45) is 10.8. The number of aromatic nitrogens is 3. The number of rotatable bonds is 14. The Hall–Kier alpha value is -5.02. The smallest absolute Gasteiger partial charge is 0.132 e. The Bertz CT molecular complexity index is 1850. The van der Waals surface area contributed by atoms with Crippen LogP contribution in [0, 0.1) is 0 Å². The summed E-state index contributed by atoms with van der Waals surface area (Å²) >= 11 is 3.44. The number of benzene rings is 4. The lowest BCUT2D eigenvalue weighted by Crippen LogP contribution is -2.12. The number of thioether (sulfide) groups is 2. The first-order valence-corrected chi connectivity index (χ1v) is 19.5. The predicted molar refractivity (Wildman–Crippen MR) is 228 cm³/mol. The lowest BCUT2D eigenvalue weighted by atomic mass is 10.1. The number of ether oxygens (including phenoxy) is 2. The zero-order chi connectivity index (χ0) is 39.5. The monoisotopic (exact) mass is 770 g/mol. The van der Waals surface area contributed by atoms with Gasteiger partial charge in [-0.1, -0.05) is 0 Å². The first-order valence-electron chi connectivity index (χ1n) is 17.1. The quantitative estimate of drug-likeness (QED) is 0.0393. The molecule has 4 aromatic carbocycles. The molecule has 0 bridgehead atoms. The van der Waals surface area contributed by atoms with E-state index in [2.05, 4.69) is 73.0 Å². The van der Waals surface area contributed by atoms with Gasteiger partial charge in [0.1, 0.15) is 48.3 Å². The van der Waals surface area contributed by atoms with E-state index in [0.717, 1.165) is 58.6 Å². The second-order valence-electron chi connectivity index (χ2n) is 12.9. The molecule has 0 atom stereocenters. The third-order valence-corrected chi connectivity index (χ3v) is 8.51. The fourth-order valence-electron chi connectivity index (χ4n) is 4.60. The van der Waals surface area contributed by atoms with Crippen molar-refractivity contribution in [3.8, 4) is 28.7 Å². The van der Waals surface area contributed by atoms with Gasteiger partial charge in [0.25, 0.3) is 0 Å². The molecule has 54 heavy (non-hydrogen) atoms. The van der Waals surface area contributed by atoms with Gasteiger partial charge >= 0.3 is 0 Å². The van der Waals surface area contributed by atoms with Crippen LogP contribution in [0.1, 0.15) is 11.1 Å². The summed E-state index contributed by atoms with van der Waals surface area (Å²) in [5.41, 5.74) is 9.83. The van der Waals surface area contributed by atoms with Gasteiger partial charge in [-0.05, 0) is 126 Å². The van der Waals surface area contributed by atoms with E-state index in [-0.39, 0.29) is 0 Å². The zero-order valence-electron chi connectivity index (χ0n) is 33.0. The van der Waals surface area contributed by atoms with Crippen LogP contribution in [0.5, 0.6) is 23.0 Å². The van der Waals surface area contributed by atoms with Gasteiger partial charge in [-0.3, -0.25) is 4.57 Å². The molecule has 1 aromatic heterocycles. The van der Waals surface area contributed by atoms with Gasteiger partial charge in [0.2, 0.25) is 0 Å². The Kier molecular flexibility index (Phi) is 18.4. The van der Waals surface area contributed by atoms with Crippen molar-refractivity contribution < 1.29 is 9.47 Å². The minimum Gasteiger partial charge on any atom is -0.457 e. The summed E-state index contributed by atoms with van der Waals surface area (Å²) in [6.45, 7) is 1.58. The van der Waals surface area contributed by atoms with Crippen molar-refractivity contribution >= 4 is 41.9 Å². The highest BCUT2D eigenvalue weighted by Crippen LogP contribution is 2.31. The van der Waals surface area contributed by atoms with Crippen molar-refractivity contribution in [2.75, 3.05) is 74.6 Å². The van der Waals surface area contributed by atoms with E-state index in [1.165, 1.54) is 9.79 Å². The van der Waals surface area contributed by atoms with E-state index in [4.69, 9.17) is 15.2 Å². The molecule has 0 saturated carbocycles. The van der Waals surface area contributed by atoms with Crippen LogP contribution in [0.2, 0.25) is 0 Å². The van der Waals surface area contributed by atoms with Crippen molar-refractivity contribution in [3.63, 3.8) is 0 Å². The topological polar surface area (TPSA) is 113 Å². The van der Waals surface area contributed by atoms with Crippen molar-refractivity contribution in [1.29, 1.82) is 0 Å². The van der Waals surface area contributed by atoms with Gasteiger partial charge < -0.3 is 34.8 Å². The van der Waals surface area contributed by atoms with Gasteiger partial charge in [-0.15, -0.1) is 43.9 Å². The van der Waals surface area contributed by atoms with Crippen LogP contribution >= 0.6 is 23.5 Å². The molecule has 0 unspecified atom stereocenters. The van der Waals surface area contributed by atoms with Gasteiger partial charge in [-0.25, -0.2) is 0 Å². The third kappa shape index (κ3) is 15.9. The third-order valence-electron chi connectivity index (χ3n) is 7.02. The van der Waals surface area contributed by atoms with Crippen LogP contribution in [-0.2, 0) is 13.1 Å². The normalized spacial score (nSPS) is 11.0. The molecule has 0 fully saturated rings. The van der Waals surface area contributed by atoms with Gasteiger partial charge in [0, 0.05) is 73.6 Å². The molecule has 5 rings (SSSR count). The Morgan fingerprint density at radius 2 is 1.04 bits per heavy atom. The number of nitrogens with zero attached hydrogens (tertiary/aromatic N) is 9.